The van der Waals surface area contributed by atoms with Gasteiger partial charge >= 0.3 is 0 Å². The predicted octanol–water partition coefficient (Wildman–Crippen LogP) is 7.85. The Kier molecular flexibility index (Phi) is 8.03. The Morgan fingerprint density at radius 1 is 0.543 bits per heavy atom. The number of rotatable bonds is 11. The molecule has 0 aliphatic carbocycles. The molecule has 0 atom stereocenters. The lowest BCUT2D eigenvalue weighted by Crippen LogP contribution is -2.16. The fourth-order valence-corrected chi connectivity index (χ4v) is 5.64. The second-order valence-corrected chi connectivity index (χ2v) is 11.0. The van der Waals surface area contributed by atoms with Gasteiger partial charge in [0, 0.05) is 17.9 Å². The summed E-state index contributed by atoms with van der Waals surface area (Å²) >= 11 is 0. The van der Waals surface area contributed by atoms with Crippen molar-refractivity contribution in [3.63, 3.8) is 0 Å². The largest absolute Gasteiger partial charge is 0.494 e. The van der Waals surface area contributed by atoms with E-state index >= 15 is 0 Å². The number of aryl methyl sites for hydroxylation is 1. The standard InChI is InChI=1S/C37H35N7O2/c1-4-26-7-9-27(10-8-26)25-42(30-15-21-36-34(23-30)38-40-43(36)28-11-17-32(18-12-28)45-5-2)31-16-22-37-35(24-31)39-41-44(37)29-13-19-33(20-14-29)46-6-3/h7-24H,4-6,25H2,1-3H3. The van der Waals surface area contributed by atoms with Crippen molar-refractivity contribution in [2.45, 2.75) is 33.7 Å². The normalized spacial score (nSPS) is 11.3. The average Bonchev–Trinajstić information content (AvgIpc) is 3.72. The number of hydrogen-bond acceptors (Lipinski definition) is 7. The fourth-order valence-electron chi connectivity index (χ4n) is 5.64. The maximum absolute atomic E-state index is 5.61. The van der Waals surface area contributed by atoms with Gasteiger partial charge in [-0.1, -0.05) is 41.6 Å². The molecule has 2 aromatic heterocycles. The summed E-state index contributed by atoms with van der Waals surface area (Å²) in [7, 11) is 0. The van der Waals surface area contributed by atoms with Crippen LogP contribution in [-0.4, -0.2) is 43.2 Å². The van der Waals surface area contributed by atoms with E-state index in [1.165, 1.54) is 11.1 Å². The van der Waals surface area contributed by atoms with Crippen molar-refractivity contribution in [1.29, 1.82) is 0 Å². The van der Waals surface area contributed by atoms with Crippen molar-refractivity contribution >= 4 is 33.4 Å². The Labute approximate surface area is 267 Å². The molecule has 0 unspecified atom stereocenters. The lowest BCUT2D eigenvalue weighted by molar-refractivity contribution is 0.340. The number of fused-ring (bicyclic) bond motifs is 2. The third kappa shape index (κ3) is 5.75. The second-order valence-electron chi connectivity index (χ2n) is 11.0. The van der Waals surface area contributed by atoms with Crippen molar-refractivity contribution in [2.75, 3.05) is 18.1 Å². The fraction of sp³-hybridized carbons (Fsp3) is 0.189. The molecule has 0 aliphatic rings. The Morgan fingerprint density at radius 3 is 1.43 bits per heavy atom. The van der Waals surface area contributed by atoms with Crippen LogP contribution in [0.5, 0.6) is 11.5 Å². The van der Waals surface area contributed by atoms with Gasteiger partial charge in [0.2, 0.25) is 0 Å². The van der Waals surface area contributed by atoms with E-state index in [0.717, 1.165) is 62.7 Å². The zero-order chi connectivity index (χ0) is 31.5. The molecule has 230 valence electrons. The van der Waals surface area contributed by atoms with Gasteiger partial charge in [-0.25, -0.2) is 9.36 Å². The monoisotopic (exact) mass is 609 g/mol. The van der Waals surface area contributed by atoms with E-state index in [9.17, 15) is 0 Å². The average molecular weight is 610 g/mol. The Bertz CT molecular complexity index is 1950. The third-order valence-corrected chi connectivity index (χ3v) is 8.04. The highest BCUT2D eigenvalue weighted by molar-refractivity contribution is 5.85. The lowest BCUT2D eigenvalue weighted by Gasteiger charge is -2.25. The van der Waals surface area contributed by atoms with Gasteiger partial charge in [0.05, 0.1) is 35.6 Å². The van der Waals surface area contributed by atoms with Crippen LogP contribution in [0.25, 0.3) is 33.4 Å². The topological polar surface area (TPSA) is 83.1 Å². The highest BCUT2D eigenvalue weighted by Crippen LogP contribution is 2.33. The van der Waals surface area contributed by atoms with E-state index in [-0.39, 0.29) is 0 Å². The molecule has 46 heavy (non-hydrogen) atoms. The first kappa shape index (κ1) is 29.0. The summed E-state index contributed by atoms with van der Waals surface area (Å²) in [4.78, 5) is 2.28. The molecule has 0 N–H and O–H groups in total. The summed E-state index contributed by atoms with van der Waals surface area (Å²) in [5.74, 6) is 1.66. The Balaban J connectivity index is 1.25. The molecule has 5 aromatic carbocycles. The Hall–Kier alpha value is -5.70. The first-order valence-electron chi connectivity index (χ1n) is 15.7. The van der Waals surface area contributed by atoms with E-state index in [4.69, 9.17) is 9.47 Å². The molecule has 7 aromatic rings. The highest BCUT2D eigenvalue weighted by Gasteiger charge is 2.17. The van der Waals surface area contributed by atoms with E-state index in [1.807, 2.05) is 71.7 Å². The van der Waals surface area contributed by atoms with E-state index in [0.29, 0.717) is 19.8 Å². The summed E-state index contributed by atoms with van der Waals surface area (Å²) in [6.07, 6.45) is 1.01. The highest BCUT2D eigenvalue weighted by atomic mass is 16.5. The maximum atomic E-state index is 5.61. The first-order chi connectivity index (χ1) is 22.6. The smallest absolute Gasteiger partial charge is 0.119 e. The van der Waals surface area contributed by atoms with Crippen LogP contribution in [0, 0.1) is 0 Å². The minimum Gasteiger partial charge on any atom is -0.494 e. The van der Waals surface area contributed by atoms with Crippen LogP contribution in [0.3, 0.4) is 0 Å². The summed E-state index contributed by atoms with van der Waals surface area (Å²) < 4.78 is 14.9. The van der Waals surface area contributed by atoms with Gasteiger partial charge in [0.15, 0.2) is 0 Å². The minimum atomic E-state index is 0.627. The molecule has 0 bridgehead atoms. The molecule has 0 amide bonds. The van der Waals surface area contributed by atoms with Crippen molar-refractivity contribution in [2.24, 2.45) is 0 Å². The number of ether oxygens (including phenoxy) is 2. The van der Waals surface area contributed by atoms with Crippen molar-refractivity contribution in [3.05, 3.63) is 120 Å². The molecule has 0 aliphatic heterocycles. The SMILES string of the molecule is CCOc1ccc(-n2nnc3cc(N(Cc4ccc(CC)cc4)c4ccc5c(c4)nnn5-c4ccc(OCC)cc4)ccc32)cc1. The summed E-state index contributed by atoms with van der Waals surface area (Å²) in [5, 5.41) is 18.1. The minimum absolute atomic E-state index is 0.627. The molecule has 9 heteroatoms. The van der Waals surface area contributed by atoms with Gasteiger partial charge in [0.25, 0.3) is 0 Å². The second kappa shape index (κ2) is 12.7. The number of aromatic nitrogens is 6. The summed E-state index contributed by atoms with van der Waals surface area (Å²) in [6.45, 7) is 8.05. The van der Waals surface area contributed by atoms with Gasteiger partial charge in [-0.3, -0.25) is 0 Å². The van der Waals surface area contributed by atoms with E-state index in [1.54, 1.807) is 0 Å². The van der Waals surface area contributed by atoms with Crippen LogP contribution in [0.4, 0.5) is 11.4 Å². The van der Waals surface area contributed by atoms with Gasteiger partial charge in [0.1, 0.15) is 22.5 Å². The zero-order valence-corrected chi connectivity index (χ0v) is 26.2. The zero-order valence-electron chi connectivity index (χ0n) is 26.2. The Morgan fingerprint density at radius 2 is 1.00 bits per heavy atom. The molecule has 7 rings (SSSR count). The van der Waals surface area contributed by atoms with Gasteiger partial charge in [-0.05, 0) is 116 Å². The first-order valence-corrected chi connectivity index (χ1v) is 15.7. The predicted molar refractivity (Wildman–Crippen MR) is 182 cm³/mol. The summed E-state index contributed by atoms with van der Waals surface area (Å²) in [6, 6.07) is 37.2. The number of anilines is 2. The third-order valence-electron chi connectivity index (χ3n) is 8.04. The summed E-state index contributed by atoms with van der Waals surface area (Å²) in [5.41, 5.74) is 9.83. The number of benzene rings is 5. The molecule has 0 radical (unpaired) electrons. The molecular formula is C37H35N7O2. The molecule has 9 nitrogen and oxygen atoms in total. The van der Waals surface area contributed by atoms with Crippen LogP contribution in [0.1, 0.15) is 31.9 Å². The van der Waals surface area contributed by atoms with Crippen LogP contribution in [0.15, 0.2) is 109 Å². The van der Waals surface area contributed by atoms with Crippen molar-refractivity contribution in [3.8, 4) is 22.9 Å². The molecule has 0 spiro atoms. The van der Waals surface area contributed by atoms with Crippen LogP contribution in [0.2, 0.25) is 0 Å². The van der Waals surface area contributed by atoms with Gasteiger partial charge in [-0.15, -0.1) is 10.2 Å². The van der Waals surface area contributed by atoms with Crippen molar-refractivity contribution < 1.29 is 9.47 Å². The maximum Gasteiger partial charge on any atom is 0.119 e. The van der Waals surface area contributed by atoms with Gasteiger partial charge in [-0.2, -0.15) is 0 Å². The van der Waals surface area contributed by atoms with Crippen LogP contribution in [-0.2, 0) is 13.0 Å². The van der Waals surface area contributed by atoms with Crippen LogP contribution >= 0.6 is 0 Å². The molecule has 0 saturated carbocycles. The lowest BCUT2D eigenvalue weighted by atomic mass is 10.1. The number of nitrogens with zero attached hydrogens (tertiary/aromatic N) is 7. The number of hydrogen-bond donors (Lipinski definition) is 0. The molecule has 0 saturated heterocycles. The van der Waals surface area contributed by atoms with Gasteiger partial charge < -0.3 is 14.4 Å². The van der Waals surface area contributed by atoms with E-state index < -0.39 is 0 Å². The van der Waals surface area contributed by atoms with E-state index in [2.05, 4.69) is 93.1 Å². The molecule has 0 fully saturated rings. The van der Waals surface area contributed by atoms with Crippen LogP contribution < -0.4 is 14.4 Å². The quantitative estimate of drug-likeness (QED) is 0.148. The van der Waals surface area contributed by atoms with Crippen molar-refractivity contribution in [1.82, 2.24) is 30.0 Å². The molecular weight excluding hydrogens is 574 g/mol. The molecule has 2 heterocycles.